The van der Waals surface area contributed by atoms with E-state index in [4.69, 9.17) is 6.42 Å². The molecule has 0 atom stereocenters. The Labute approximate surface area is 130 Å². The quantitative estimate of drug-likeness (QED) is 0.843. The van der Waals surface area contributed by atoms with Crippen LogP contribution in [0.3, 0.4) is 0 Å². The second-order valence-electron chi connectivity index (χ2n) is 4.35. The Morgan fingerprint density at radius 2 is 2.29 bits per heavy atom. The third kappa shape index (κ3) is 3.92. The van der Waals surface area contributed by atoms with Gasteiger partial charge in [-0.05, 0) is 40.0 Å². The molecule has 1 N–H and O–H groups in total. The van der Waals surface area contributed by atoms with Crippen molar-refractivity contribution < 1.29 is 4.39 Å². The molecule has 0 saturated heterocycles. The van der Waals surface area contributed by atoms with Gasteiger partial charge in [0.2, 0.25) is 0 Å². The zero-order valence-electron chi connectivity index (χ0n) is 11.1. The first-order valence-corrected chi connectivity index (χ1v) is 7.08. The lowest BCUT2D eigenvalue weighted by molar-refractivity contribution is 0.625. The number of nitrogens with zero attached hydrogens (tertiary/aromatic N) is 2. The first-order valence-electron chi connectivity index (χ1n) is 6.29. The molecule has 108 valence electrons. The average Bonchev–Trinajstić information content (AvgIpc) is 2.47. The molecule has 0 aliphatic heterocycles. The van der Waals surface area contributed by atoms with E-state index in [2.05, 4.69) is 32.3 Å². The molecule has 0 radical (unpaired) electrons. The minimum absolute atomic E-state index is 0.126. The average molecular weight is 350 g/mol. The summed E-state index contributed by atoms with van der Waals surface area (Å²) in [5, 5.41) is 7.07. The highest BCUT2D eigenvalue weighted by Crippen LogP contribution is 2.16. The van der Waals surface area contributed by atoms with Crippen molar-refractivity contribution in [1.29, 1.82) is 0 Å². The van der Waals surface area contributed by atoms with Crippen LogP contribution in [0.4, 0.5) is 10.1 Å². The maximum atomic E-state index is 13.1. The monoisotopic (exact) mass is 349 g/mol. The fraction of sp³-hybridized carbons (Fsp3) is 0.200. The molecule has 1 aromatic heterocycles. The summed E-state index contributed by atoms with van der Waals surface area (Å²) in [5.74, 6) is 2.11. The van der Waals surface area contributed by atoms with Gasteiger partial charge in [-0.15, -0.1) is 6.42 Å². The third-order valence-electron chi connectivity index (χ3n) is 2.84. The predicted octanol–water partition coefficient (Wildman–Crippen LogP) is 2.43. The van der Waals surface area contributed by atoms with Crippen LogP contribution in [0.15, 0.2) is 39.7 Å². The predicted molar refractivity (Wildman–Crippen MR) is 83.6 cm³/mol. The van der Waals surface area contributed by atoms with Crippen molar-refractivity contribution in [2.75, 3.05) is 11.9 Å². The number of rotatable bonds is 5. The van der Waals surface area contributed by atoms with Gasteiger partial charge in [-0.1, -0.05) is 18.1 Å². The minimum atomic E-state index is -0.288. The van der Waals surface area contributed by atoms with Crippen molar-refractivity contribution in [2.45, 2.75) is 13.0 Å². The van der Waals surface area contributed by atoms with Crippen LogP contribution < -0.4 is 10.9 Å². The Bertz CT molecular complexity index is 736. The van der Waals surface area contributed by atoms with E-state index in [0.717, 1.165) is 5.56 Å². The van der Waals surface area contributed by atoms with Crippen molar-refractivity contribution in [1.82, 2.24) is 9.78 Å². The Morgan fingerprint density at radius 3 is 3.00 bits per heavy atom. The van der Waals surface area contributed by atoms with Crippen molar-refractivity contribution in [3.8, 4) is 12.3 Å². The Kier molecular flexibility index (Phi) is 5.12. The number of aromatic nitrogens is 2. The highest BCUT2D eigenvalue weighted by molar-refractivity contribution is 9.10. The highest BCUT2D eigenvalue weighted by atomic mass is 79.9. The fourth-order valence-electron chi connectivity index (χ4n) is 1.82. The molecule has 1 aromatic carbocycles. The Balaban J connectivity index is 2.03. The van der Waals surface area contributed by atoms with Crippen LogP contribution >= 0.6 is 15.9 Å². The van der Waals surface area contributed by atoms with Gasteiger partial charge in [0.05, 0.1) is 11.9 Å². The lowest BCUT2D eigenvalue weighted by Gasteiger charge is -2.09. The van der Waals surface area contributed by atoms with E-state index in [1.165, 1.54) is 23.0 Å². The second-order valence-corrected chi connectivity index (χ2v) is 5.14. The number of halogens is 2. The molecule has 0 saturated carbocycles. The molecular formula is C15H13BrFN3O. The SMILES string of the molecule is C#CCn1ncc(NCCc2cccc(F)c2)c(Br)c1=O. The largest absolute Gasteiger partial charge is 0.382 e. The van der Waals surface area contributed by atoms with E-state index in [1.807, 2.05) is 6.07 Å². The van der Waals surface area contributed by atoms with Gasteiger partial charge in [0.15, 0.2) is 0 Å². The first-order chi connectivity index (χ1) is 10.1. The summed E-state index contributed by atoms with van der Waals surface area (Å²) < 4.78 is 14.6. The summed E-state index contributed by atoms with van der Waals surface area (Å²) in [6, 6.07) is 6.41. The van der Waals surface area contributed by atoms with Crippen molar-refractivity contribution in [2.24, 2.45) is 0 Å². The Morgan fingerprint density at radius 1 is 1.48 bits per heavy atom. The zero-order valence-corrected chi connectivity index (χ0v) is 12.7. The smallest absolute Gasteiger partial charge is 0.284 e. The van der Waals surface area contributed by atoms with E-state index in [0.29, 0.717) is 23.1 Å². The van der Waals surface area contributed by atoms with E-state index in [-0.39, 0.29) is 17.9 Å². The van der Waals surface area contributed by atoms with Crippen molar-refractivity contribution in [3.63, 3.8) is 0 Å². The van der Waals surface area contributed by atoms with Crippen LogP contribution in [0.1, 0.15) is 5.56 Å². The van der Waals surface area contributed by atoms with Gasteiger partial charge < -0.3 is 5.32 Å². The van der Waals surface area contributed by atoms with E-state index < -0.39 is 0 Å². The fourth-order valence-corrected chi connectivity index (χ4v) is 2.27. The van der Waals surface area contributed by atoms with Gasteiger partial charge in [-0.25, -0.2) is 9.07 Å². The van der Waals surface area contributed by atoms with Crippen LogP contribution in [0.25, 0.3) is 0 Å². The normalized spacial score (nSPS) is 10.1. The lowest BCUT2D eigenvalue weighted by Crippen LogP contribution is -2.24. The lowest BCUT2D eigenvalue weighted by atomic mass is 10.1. The molecule has 0 aliphatic rings. The van der Waals surface area contributed by atoms with Gasteiger partial charge in [0, 0.05) is 6.54 Å². The van der Waals surface area contributed by atoms with Gasteiger partial charge in [-0.2, -0.15) is 5.10 Å². The minimum Gasteiger partial charge on any atom is -0.382 e. The van der Waals surface area contributed by atoms with Gasteiger partial charge in [0.1, 0.15) is 16.8 Å². The second kappa shape index (κ2) is 7.04. The van der Waals surface area contributed by atoms with Crippen LogP contribution in [0, 0.1) is 18.2 Å². The molecule has 4 nitrogen and oxygen atoms in total. The van der Waals surface area contributed by atoms with E-state index >= 15 is 0 Å². The summed E-state index contributed by atoms with van der Waals surface area (Å²) in [4.78, 5) is 11.9. The number of terminal acetylenes is 1. The standard InChI is InChI=1S/C15H13BrFN3O/c1-2-8-20-15(21)14(16)13(10-19-20)18-7-6-11-4-3-5-12(17)9-11/h1,3-5,9-10,18H,6-8H2. The molecule has 0 fully saturated rings. The van der Waals surface area contributed by atoms with Crippen molar-refractivity contribution >= 4 is 21.6 Å². The molecule has 0 aliphatic carbocycles. The number of hydrogen-bond donors (Lipinski definition) is 1. The topological polar surface area (TPSA) is 46.9 Å². The third-order valence-corrected chi connectivity index (χ3v) is 3.61. The summed E-state index contributed by atoms with van der Waals surface area (Å²) in [6.07, 6.45) is 7.34. The highest BCUT2D eigenvalue weighted by Gasteiger charge is 2.07. The number of hydrogen-bond acceptors (Lipinski definition) is 3. The van der Waals surface area contributed by atoms with Crippen LogP contribution in [0.2, 0.25) is 0 Å². The van der Waals surface area contributed by atoms with Gasteiger partial charge in [-0.3, -0.25) is 4.79 Å². The van der Waals surface area contributed by atoms with E-state index in [9.17, 15) is 9.18 Å². The van der Waals surface area contributed by atoms with Crippen LogP contribution in [-0.2, 0) is 13.0 Å². The van der Waals surface area contributed by atoms with Crippen LogP contribution in [-0.4, -0.2) is 16.3 Å². The molecule has 2 aromatic rings. The van der Waals surface area contributed by atoms with Gasteiger partial charge >= 0.3 is 0 Å². The molecule has 0 bridgehead atoms. The molecule has 1 heterocycles. The summed E-state index contributed by atoms with van der Waals surface area (Å²) in [5.41, 5.74) is 1.18. The molecule has 0 amide bonds. The number of benzene rings is 1. The molecule has 0 unspecified atom stereocenters. The summed E-state index contributed by atoms with van der Waals surface area (Å²) in [7, 11) is 0. The summed E-state index contributed by atoms with van der Waals surface area (Å²) in [6.45, 7) is 0.684. The molecule has 0 spiro atoms. The number of anilines is 1. The Hall–Kier alpha value is -2.13. The molecular weight excluding hydrogens is 337 g/mol. The van der Waals surface area contributed by atoms with Crippen molar-refractivity contribution in [3.05, 3.63) is 56.7 Å². The van der Waals surface area contributed by atoms with E-state index in [1.54, 1.807) is 6.07 Å². The first kappa shape index (κ1) is 15.3. The zero-order chi connectivity index (χ0) is 15.2. The maximum Gasteiger partial charge on any atom is 0.284 e. The molecule has 2 rings (SSSR count). The maximum absolute atomic E-state index is 13.1. The van der Waals surface area contributed by atoms with Crippen LogP contribution in [0.5, 0.6) is 0 Å². The molecule has 6 heteroatoms. The number of nitrogens with one attached hydrogen (secondary N) is 1. The van der Waals surface area contributed by atoms with Gasteiger partial charge in [0.25, 0.3) is 5.56 Å². The summed E-state index contributed by atoms with van der Waals surface area (Å²) >= 11 is 3.23. The molecule has 21 heavy (non-hydrogen) atoms.